The Kier molecular flexibility index (Phi) is 3.33. The number of rotatable bonds is 5. The fraction of sp³-hybridized carbons (Fsp3) is 0.462. The second-order valence-electron chi connectivity index (χ2n) is 4.35. The lowest BCUT2D eigenvalue weighted by molar-refractivity contribution is 0.0907. The van der Waals surface area contributed by atoms with Crippen LogP contribution in [-0.2, 0) is 0 Å². The van der Waals surface area contributed by atoms with Crippen molar-refractivity contribution in [1.82, 2.24) is 5.32 Å². The molecule has 1 fully saturated rings. The van der Waals surface area contributed by atoms with Crippen molar-refractivity contribution in [3.05, 3.63) is 29.8 Å². The van der Waals surface area contributed by atoms with Crippen LogP contribution in [0.25, 0.3) is 0 Å². The second-order valence-corrected chi connectivity index (χ2v) is 4.35. The summed E-state index contributed by atoms with van der Waals surface area (Å²) in [6, 6.07) is 7.01. The normalized spacial score (nSPS) is 16.4. The minimum absolute atomic E-state index is 0.00969. The highest BCUT2D eigenvalue weighted by Crippen LogP contribution is 2.34. The number of aliphatic hydroxyl groups excluding tert-OH is 1. The molecular weight excluding hydrogens is 218 g/mol. The predicted octanol–water partition coefficient (Wildman–Crippen LogP) is 1.34. The summed E-state index contributed by atoms with van der Waals surface area (Å²) >= 11 is 0. The molecule has 1 aromatic carbocycles. The van der Waals surface area contributed by atoms with Gasteiger partial charge in [-0.1, -0.05) is 0 Å². The van der Waals surface area contributed by atoms with Gasteiger partial charge in [0.05, 0.1) is 18.8 Å². The number of benzene rings is 1. The summed E-state index contributed by atoms with van der Waals surface area (Å²) < 4.78 is 5.30. The van der Waals surface area contributed by atoms with Crippen molar-refractivity contribution in [2.75, 3.05) is 13.2 Å². The van der Waals surface area contributed by atoms with Gasteiger partial charge in [0, 0.05) is 5.56 Å². The fourth-order valence-corrected chi connectivity index (χ4v) is 1.66. The maximum absolute atomic E-state index is 11.9. The molecule has 0 saturated heterocycles. The molecule has 17 heavy (non-hydrogen) atoms. The third kappa shape index (κ3) is 2.77. The van der Waals surface area contributed by atoms with Gasteiger partial charge >= 0.3 is 0 Å². The van der Waals surface area contributed by atoms with Crippen LogP contribution in [0.4, 0.5) is 0 Å². The fourth-order valence-electron chi connectivity index (χ4n) is 1.66. The molecule has 92 valence electrons. The summed E-state index contributed by atoms with van der Waals surface area (Å²) in [6.45, 7) is 2.54. The van der Waals surface area contributed by atoms with Gasteiger partial charge in [-0.15, -0.1) is 0 Å². The van der Waals surface area contributed by atoms with Crippen LogP contribution in [0.3, 0.4) is 0 Å². The highest BCUT2D eigenvalue weighted by molar-refractivity contribution is 5.95. The van der Waals surface area contributed by atoms with Crippen LogP contribution in [0.5, 0.6) is 5.75 Å². The van der Waals surface area contributed by atoms with E-state index >= 15 is 0 Å². The maximum Gasteiger partial charge on any atom is 0.251 e. The van der Waals surface area contributed by atoms with Crippen molar-refractivity contribution in [2.45, 2.75) is 25.3 Å². The Morgan fingerprint density at radius 3 is 2.53 bits per heavy atom. The third-order valence-corrected chi connectivity index (χ3v) is 2.96. The summed E-state index contributed by atoms with van der Waals surface area (Å²) in [5.74, 6) is 0.618. The first-order valence-electron chi connectivity index (χ1n) is 5.85. The van der Waals surface area contributed by atoms with E-state index in [1.807, 2.05) is 6.92 Å². The molecule has 2 N–H and O–H groups in total. The standard InChI is InChI=1S/C13H17NO3/c1-2-17-11-5-3-10(4-6-11)12(16)14-13(9-15)7-8-13/h3-6,15H,2,7-9H2,1H3,(H,14,16). The van der Waals surface area contributed by atoms with Crippen LogP contribution in [0.15, 0.2) is 24.3 Å². The molecule has 2 rings (SSSR count). The molecule has 4 heteroatoms. The van der Waals surface area contributed by atoms with Crippen molar-refractivity contribution < 1.29 is 14.6 Å². The Balaban J connectivity index is 1.99. The van der Waals surface area contributed by atoms with Gasteiger partial charge in [-0.3, -0.25) is 4.79 Å². The monoisotopic (exact) mass is 235 g/mol. The van der Waals surface area contributed by atoms with Crippen molar-refractivity contribution >= 4 is 5.91 Å². The van der Waals surface area contributed by atoms with Gasteiger partial charge in [-0.25, -0.2) is 0 Å². The van der Waals surface area contributed by atoms with E-state index < -0.39 is 0 Å². The third-order valence-electron chi connectivity index (χ3n) is 2.96. The first-order chi connectivity index (χ1) is 8.19. The molecule has 0 aliphatic heterocycles. The smallest absolute Gasteiger partial charge is 0.251 e. The molecule has 0 aromatic heterocycles. The molecule has 1 saturated carbocycles. The average molecular weight is 235 g/mol. The van der Waals surface area contributed by atoms with Crippen LogP contribution in [0.2, 0.25) is 0 Å². The van der Waals surface area contributed by atoms with E-state index in [9.17, 15) is 4.79 Å². The predicted molar refractivity (Wildman–Crippen MR) is 64.1 cm³/mol. The van der Waals surface area contributed by atoms with Crippen LogP contribution in [-0.4, -0.2) is 29.8 Å². The summed E-state index contributed by atoms with van der Waals surface area (Å²) in [4.78, 5) is 11.9. The van der Waals surface area contributed by atoms with E-state index in [1.165, 1.54) is 0 Å². The van der Waals surface area contributed by atoms with Gasteiger partial charge in [0.2, 0.25) is 0 Å². The molecule has 0 bridgehead atoms. The lowest BCUT2D eigenvalue weighted by Crippen LogP contribution is -2.39. The summed E-state index contributed by atoms with van der Waals surface area (Å²) in [7, 11) is 0. The van der Waals surface area contributed by atoms with E-state index in [0.29, 0.717) is 12.2 Å². The van der Waals surface area contributed by atoms with Gasteiger partial charge in [-0.2, -0.15) is 0 Å². The summed E-state index contributed by atoms with van der Waals surface area (Å²) in [5, 5.41) is 12.0. The zero-order chi connectivity index (χ0) is 12.3. The van der Waals surface area contributed by atoms with Gasteiger partial charge in [0.1, 0.15) is 5.75 Å². The van der Waals surface area contributed by atoms with Gasteiger partial charge < -0.3 is 15.2 Å². The number of hydrogen-bond acceptors (Lipinski definition) is 3. The number of ether oxygens (including phenoxy) is 1. The van der Waals surface area contributed by atoms with Crippen LogP contribution in [0.1, 0.15) is 30.1 Å². The van der Waals surface area contributed by atoms with E-state index in [2.05, 4.69) is 5.32 Å². The van der Waals surface area contributed by atoms with Crippen LogP contribution in [0, 0.1) is 0 Å². The Morgan fingerprint density at radius 2 is 2.06 bits per heavy atom. The lowest BCUT2D eigenvalue weighted by atomic mass is 10.2. The largest absolute Gasteiger partial charge is 0.494 e. The molecule has 1 aromatic rings. The number of carbonyl (C=O) groups is 1. The van der Waals surface area contributed by atoms with Crippen LogP contribution < -0.4 is 10.1 Å². The highest BCUT2D eigenvalue weighted by Gasteiger charge is 2.43. The van der Waals surface area contributed by atoms with Crippen molar-refractivity contribution in [2.24, 2.45) is 0 Å². The summed E-state index contributed by atoms with van der Waals surface area (Å²) in [5.41, 5.74) is 0.226. The number of amides is 1. The quantitative estimate of drug-likeness (QED) is 0.809. The SMILES string of the molecule is CCOc1ccc(C(=O)NC2(CO)CC2)cc1. The Hall–Kier alpha value is -1.55. The number of aliphatic hydroxyl groups is 1. The number of carbonyl (C=O) groups excluding carboxylic acids is 1. The van der Waals surface area contributed by atoms with E-state index in [1.54, 1.807) is 24.3 Å². The molecule has 1 aliphatic rings. The first-order valence-corrected chi connectivity index (χ1v) is 5.85. The average Bonchev–Trinajstić information content (AvgIpc) is 3.11. The highest BCUT2D eigenvalue weighted by atomic mass is 16.5. The molecule has 0 heterocycles. The molecule has 1 amide bonds. The minimum atomic E-state index is -0.365. The number of nitrogens with one attached hydrogen (secondary N) is 1. The topological polar surface area (TPSA) is 58.6 Å². The van der Waals surface area contributed by atoms with Gasteiger partial charge in [0.25, 0.3) is 5.91 Å². The number of hydrogen-bond donors (Lipinski definition) is 2. The Labute approximate surface area is 101 Å². The van der Waals surface area contributed by atoms with E-state index in [-0.39, 0.29) is 18.1 Å². The van der Waals surface area contributed by atoms with Crippen molar-refractivity contribution in [3.8, 4) is 5.75 Å². The minimum Gasteiger partial charge on any atom is -0.494 e. The molecule has 0 radical (unpaired) electrons. The molecule has 0 unspecified atom stereocenters. The Bertz CT molecular complexity index is 396. The molecule has 4 nitrogen and oxygen atoms in total. The zero-order valence-electron chi connectivity index (χ0n) is 9.90. The summed E-state index contributed by atoms with van der Waals surface area (Å²) in [6.07, 6.45) is 1.71. The van der Waals surface area contributed by atoms with Gasteiger partial charge in [0.15, 0.2) is 0 Å². The van der Waals surface area contributed by atoms with Gasteiger partial charge in [-0.05, 0) is 44.0 Å². The lowest BCUT2D eigenvalue weighted by Gasteiger charge is -2.14. The van der Waals surface area contributed by atoms with Crippen LogP contribution >= 0.6 is 0 Å². The maximum atomic E-state index is 11.9. The van der Waals surface area contributed by atoms with Crippen molar-refractivity contribution in [1.29, 1.82) is 0 Å². The first kappa shape index (κ1) is 11.9. The molecular formula is C13H17NO3. The molecule has 1 aliphatic carbocycles. The van der Waals surface area contributed by atoms with E-state index in [0.717, 1.165) is 18.6 Å². The second kappa shape index (κ2) is 4.75. The molecule has 0 spiro atoms. The van der Waals surface area contributed by atoms with Crippen molar-refractivity contribution in [3.63, 3.8) is 0 Å². The molecule has 0 atom stereocenters. The zero-order valence-corrected chi connectivity index (χ0v) is 9.90. The van der Waals surface area contributed by atoms with E-state index in [4.69, 9.17) is 9.84 Å². The Morgan fingerprint density at radius 1 is 1.41 bits per heavy atom.